The predicted octanol–water partition coefficient (Wildman–Crippen LogP) is 3.55. The summed E-state index contributed by atoms with van der Waals surface area (Å²) in [6, 6.07) is -0.993. The molecule has 120 valence electrons. The van der Waals surface area contributed by atoms with Crippen LogP contribution in [-0.2, 0) is 9.53 Å². The van der Waals surface area contributed by atoms with Gasteiger partial charge in [0.1, 0.15) is 0 Å². The average Bonchev–Trinajstić information content (AvgIpc) is 2.42. The van der Waals surface area contributed by atoms with Gasteiger partial charge >= 0.3 is 5.97 Å². The number of rotatable bonds is 4. The van der Waals surface area contributed by atoms with Gasteiger partial charge in [0.2, 0.25) is 6.17 Å². The molecule has 21 heavy (non-hydrogen) atoms. The van der Waals surface area contributed by atoms with Gasteiger partial charge in [0.15, 0.2) is 0 Å². The van der Waals surface area contributed by atoms with Gasteiger partial charge in [0.05, 0.1) is 12.6 Å². The fraction of sp³-hybridized carbons (Fsp3) is 0.562. The number of hydrogen-bond donors (Lipinski definition) is 1. The van der Waals surface area contributed by atoms with Gasteiger partial charge in [-0.1, -0.05) is 0 Å². The summed E-state index contributed by atoms with van der Waals surface area (Å²) in [5.74, 6) is -0.894. The van der Waals surface area contributed by atoms with Crippen molar-refractivity contribution in [2.75, 3.05) is 6.61 Å². The normalized spacial score (nSPS) is 13.3. The molecule has 1 rings (SSSR count). The number of carbonyl (C=O) groups is 1. The molecule has 1 aromatic carbocycles. The van der Waals surface area contributed by atoms with Crippen LogP contribution in [0, 0.1) is 34.6 Å². The Hall–Kier alpha value is -1.13. The SMILES string of the molecule is CCOC(=O)C(F)[C@@H](N)c1c(C)c(C)c(C)c(C)c1C.Cl. The molecule has 0 amide bonds. The van der Waals surface area contributed by atoms with Gasteiger partial charge in [-0.05, 0) is 74.9 Å². The fourth-order valence-corrected chi connectivity index (χ4v) is 2.54. The Kier molecular flexibility index (Phi) is 7.34. The number of hydrogen-bond acceptors (Lipinski definition) is 3. The molecule has 0 aliphatic carbocycles. The monoisotopic (exact) mass is 317 g/mol. The first-order valence-electron chi connectivity index (χ1n) is 6.87. The molecule has 5 heteroatoms. The van der Waals surface area contributed by atoms with E-state index in [2.05, 4.69) is 0 Å². The number of carbonyl (C=O) groups excluding carboxylic acids is 1. The van der Waals surface area contributed by atoms with Crippen molar-refractivity contribution in [3.8, 4) is 0 Å². The number of nitrogens with two attached hydrogens (primary N) is 1. The molecule has 0 fully saturated rings. The van der Waals surface area contributed by atoms with Crippen molar-refractivity contribution in [1.82, 2.24) is 0 Å². The van der Waals surface area contributed by atoms with E-state index in [1.807, 2.05) is 34.6 Å². The summed E-state index contributed by atoms with van der Waals surface area (Å²) in [7, 11) is 0. The highest BCUT2D eigenvalue weighted by atomic mass is 35.5. The summed E-state index contributed by atoms with van der Waals surface area (Å²) in [5, 5.41) is 0. The summed E-state index contributed by atoms with van der Waals surface area (Å²) in [6.07, 6.45) is -1.84. The Morgan fingerprint density at radius 3 is 1.81 bits per heavy atom. The maximum absolute atomic E-state index is 14.2. The third-order valence-electron chi connectivity index (χ3n) is 4.22. The first kappa shape index (κ1) is 19.9. The topological polar surface area (TPSA) is 52.3 Å². The first-order chi connectivity index (χ1) is 9.23. The smallest absolute Gasteiger partial charge is 0.342 e. The van der Waals surface area contributed by atoms with E-state index in [0.29, 0.717) is 5.56 Å². The Morgan fingerprint density at radius 2 is 1.43 bits per heavy atom. The molecule has 0 saturated heterocycles. The van der Waals surface area contributed by atoms with Gasteiger partial charge in [0.25, 0.3) is 0 Å². The largest absolute Gasteiger partial charge is 0.464 e. The van der Waals surface area contributed by atoms with Gasteiger partial charge < -0.3 is 10.5 Å². The van der Waals surface area contributed by atoms with E-state index in [1.54, 1.807) is 6.92 Å². The van der Waals surface area contributed by atoms with Crippen LogP contribution in [0.3, 0.4) is 0 Å². The molecular formula is C16H25ClFNO2. The lowest BCUT2D eigenvalue weighted by molar-refractivity contribution is -0.149. The van der Waals surface area contributed by atoms with E-state index in [4.69, 9.17) is 10.5 Å². The standard InChI is InChI=1S/C16H24FNO2.ClH/c1-7-20-16(19)14(17)15(18)13-11(5)9(3)8(2)10(4)12(13)6;/h14-15H,7,18H2,1-6H3;1H/t14?,15-;/m0./s1. The lowest BCUT2D eigenvalue weighted by Crippen LogP contribution is -2.33. The van der Waals surface area contributed by atoms with Gasteiger partial charge in [-0.25, -0.2) is 9.18 Å². The minimum atomic E-state index is -1.84. The lowest BCUT2D eigenvalue weighted by Gasteiger charge is -2.24. The van der Waals surface area contributed by atoms with Crippen LogP contribution in [0.2, 0.25) is 0 Å². The average molecular weight is 318 g/mol. The molecule has 2 N–H and O–H groups in total. The molecule has 3 nitrogen and oxygen atoms in total. The van der Waals surface area contributed by atoms with Crippen LogP contribution < -0.4 is 5.73 Å². The van der Waals surface area contributed by atoms with Crippen molar-refractivity contribution >= 4 is 18.4 Å². The second-order valence-electron chi connectivity index (χ2n) is 5.22. The second-order valence-corrected chi connectivity index (χ2v) is 5.22. The van der Waals surface area contributed by atoms with Crippen LogP contribution in [0.1, 0.15) is 46.3 Å². The number of alkyl halides is 1. The van der Waals surface area contributed by atoms with Crippen LogP contribution >= 0.6 is 12.4 Å². The van der Waals surface area contributed by atoms with Crippen LogP contribution in [0.4, 0.5) is 4.39 Å². The highest BCUT2D eigenvalue weighted by Gasteiger charge is 2.31. The third kappa shape index (κ3) is 3.74. The summed E-state index contributed by atoms with van der Waals surface area (Å²) >= 11 is 0. The Morgan fingerprint density at radius 1 is 1.05 bits per heavy atom. The number of halogens is 2. The summed E-state index contributed by atoms with van der Waals surface area (Å²) in [4.78, 5) is 11.5. The minimum absolute atomic E-state index is 0. The minimum Gasteiger partial charge on any atom is -0.464 e. The van der Waals surface area contributed by atoms with Gasteiger partial charge in [-0.15, -0.1) is 12.4 Å². The maximum atomic E-state index is 14.2. The number of ether oxygens (including phenoxy) is 1. The summed E-state index contributed by atoms with van der Waals surface area (Å²) in [5.41, 5.74) is 12.0. The van der Waals surface area contributed by atoms with Gasteiger partial charge in [-0.3, -0.25) is 0 Å². The highest BCUT2D eigenvalue weighted by molar-refractivity contribution is 5.85. The molecular weight excluding hydrogens is 293 g/mol. The molecule has 0 aromatic heterocycles. The van der Waals surface area contributed by atoms with Gasteiger partial charge in [0, 0.05) is 0 Å². The van der Waals surface area contributed by atoms with E-state index >= 15 is 0 Å². The Bertz CT molecular complexity index is 502. The lowest BCUT2D eigenvalue weighted by atomic mass is 9.85. The van der Waals surface area contributed by atoms with Gasteiger partial charge in [-0.2, -0.15) is 0 Å². The van der Waals surface area contributed by atoms with Crippen molar-refractivity contribution < 1.29 is 13.9 Å². The maximum Gasteiger partial charge on any atom is 0.342 e. The van der Waals surface area contributed by atoms with Crippen LogP contribution in [-0.4, -0.2) is 18.7 Å². The molecule has 2 atom stereocenters. The zero-order valence-corrected chi connectivity index (χ0v) is 14.4. The summed E-state index contributed by atoms with van der Waals surface area (Å²) in [6.45, 7) is 11.7. The van der Waals surface area contributed by atoms with Crippen LogP contribution in [0.25, 0.3) is 0 Å². The quantitative estimate of drug-likeness (QED) is 0.864. The van der Waals surface area contributed by atoms with Crippen molar-refractivity contribution in [1.29, 1.82) is 0 Å². The molecule has 0 saturated carbocycles. The van der Waals surface area contributed by atoms with E-state index in [9.17, 15) is 9.18 Å². The molecule has 0 aliphatic rings. The molecule has 0 radical (unpaired) electrons. The molecule has 0 aliphatic heterocycles. The van der Waals surface area contributed by atoms with Crippen molar-refractivity contribution in [2.24, 2.45) is 5.73 Å². The molecule has 1 unspecified atom stereocenters. The molecule has 0 spiro atoms. The molecule has 1 aromatic rings. The zero-order chi connectivity index (χ0) is 15.6. The van der Waals surface area contributed by atoms with Crippen LogP contribution in [0.5, 0.6) is 0 Å². The molecule has 0 bridgehead atoms. The van der Waals surface area contributed by atoms with E-state index in [0.717, 1.165) is 22.3 Å². The highest BCUT2D eigenvalue weighted by Crippen LogP contribution is 2.31. The Labute approximate surface area is 132 Å². The van der Waals surface area contributed by atoms with E-state index in [1.165, 1.54) is 5.56 Å². The predicted molar refractivity (Wildman–Crippen MR) is 85.8 cm³/mol. The van der Waals surface area contributed by atoms with E-state index < -0.39 is 18.2 Å². The molecule has 0 heterocycles. The van der Waals surface area contributed by atoms with Crippen molar-refractivity contribution in [2.45, 2.75) is 53.8 Å². The first-order valence-corrected chi connectivity index (χ1v) is 6.87. The van der Waals surface area contributed by atoms with Crippen molar-refractivity contribution in [3.63, 3.8) is 0 Å². The zero-order valence-electron chi connectivity index (χ0n) is 13.5. The van der Waals surface area contributed by atoms with Crippen LogP contribution in [0.15, 0.2) is 0 Å². The van der Waals surface area contributed by atoms with E-state index in [-0.39, 0.29) is 19.0 Å². The second kappa shape index (κ2) is 7.76. The Balaban J connectivity index is 0.00000400. The number of esters is 1. The number of benzene rings is 1. The summed E-state index contributed by atoms with van der Waals surface area (Å²) < 4.78 is 18.9. The van der Waals surface area contributed by atoms with Crippen molar-refractivity contribution in [3.05, 3.63) is 33.4 Å². The third-order valence-corrected chi connectivity index (χ3v) is 4.22. The fourth-order valence-electron chi connectivity index (χ4n) is 2.54.